The SMILES string of the molecule is COc1ccc(CN(C)CCCn2c(=O)c3c(ncn3C)n(C)c2=O)cc1F. The predicted molar refractivity (Wildman–Crippen MR) is 104 cm³/mol. The van der Waals surface area contributed by atoms with Crippen molar-refractivity contribution in [2.75, 3.05) is 20.7 Å². The monoisotopic (exact) mass is 389 g/mol. The smallest absolute Gasteiger partial charge is 0.332 e. The van der Waals surface area contributed by atoms with Gasteiger partial charge in [0.05, 0.1) is 13.4 Å². The molecule has 3 aromatic rings. The number of nitrogens with zero attached hydrogens (tertiary/aromatic N) is 5. The average molecular weight is 389 g/mol. The molecule has 0 unspecified atom stereocenters. The number of imidazole rings is 1. The molecular weight excluding hydrogens is 365 g/mol. The third-order valence-corrected chi connectivity index (χ3v) is 4.79. The summed E-state index contributed by atoms with van der Waals surface area (Å²) in [6.07, 6.45) is 2.13. The maximum absolute atomic E-state index is 13.8. The first-order chi connectivity index (χ1) is 13.3. The van der Waals surface area contributed by atoms with E-state index in [-0.39, 0.29) is 17.0 Å². The second kappa shape index (κ2) is 7.97. The van der Waals surface area contributed by atoms with Crippen LogP contribution in [0.3, 0.4) is 0 Å². The molecule has 0 aliphatic heterocycles. The van der Waals surface area contributed by atoms with Gasteiger partial charge in [-0.05, 0) is 37.7 Å². The number of ether oxygens (including phenoxy) is 1. The molecule has 0 radical (unpaired) electrons. The molecule has 8 nitrogen and oxygen atoms in total. The fourth-order valence-corrected chi connectivity index (χ4v) is 3.29. The molecule has 3 rings (SSSR count). The third kappa shape index (κ3) is 3.70. The quantitative estimate of drug-likeness (QED) is 0.605. The fourth-order valence-electron chi connectivity index (χ4n) is 3.29. The van der Waals surface area contributed by atoms with Crippen molar-refractivity contribution in [3.63, 3.8) is 0 Å². The number of aryl methyl sites for hydroxylation is 2. The van der Waals surface area contributed by atoms with Crippen molar-refractivity contribution in [3.05, 3.63) is 56.7 Å². The maximum atomic E-state index is 13.8. The lowest BCUT2D eigenvalue weighted by molar-refractivity contribution is 0.311. The molecule has 0 spiro atoms. The van der Waals surface area contributed by atoms with E-state index in [0.29, 0.717) is 37.2 Å². The Morgan fingerprint density at radius 3 is 2.68 bits per heavy atom. The van der Waals surface area contributed by atoms with Gasteiger partial charge in [-0.2, -0.15) is 0 Å². The van der Waals surface area contributed by atoms with E-state index < -0.39 is 5.82 Å². The molecule has 0 amide bonds. The molecule has 0 fully saturated rings. The highest BCUT2D eigenvalue weighted by atomic mass is 19.1. The molecule has 0 N–H and O–H groups in total. The molecule has 2 heterocycles. The van der Waals surface area contributed by atoms with Crippen LogP contribution in [-0.4, -0.2) is 44.3 Å². The van der Waals surface area contributed by atoms with Crippen molar-refractivity contribution in [2.24, 2.45) is 14.1 Å². The van der Waals surface area contributed by atoms with Gasteiger partial charge < -0.3 is 14.2 Å². The third-order valence-electron chi connectivity index (χ3n) is 4.79. The zero-order valence-electron chi connectivity index (χ0n) is 16.5. The molecule has 9 heteroatoms. The van der Waals surface area contributed by atoms with Gasteiger partial charge in [0.2, 0.25) is 0 Å². The highest BCUT2D eigenvalue weighted by Crippen LogP contribution is 2.18. The summed E-state index contributed by atoms with van der Waals surface area (Å²) in [4.78, 5) is 31.3. The molecule has 0 atom stereocenters. The summed E-state index contributed by atoms with van der Waals surface area (Å²) >= 11 is 0. The number of hydrogen-bond donors (Lipinski definition) is 0. The van der Waals surface area contributed by atoms with Crippen molar-refractivity contribution in [1.82, 2.24) is 23.6 Å². The molecule has 150 valence electrons. The first kappa shape index (κ1) is 19.8. The molecule has 28 heavy (non-hydrogen) atoms. The Labute approximate surface area is 161 Å². The average Bonchev–Trinajstić information content (AvgIpc) is 3.05. The lowest BCUT2D eigenvalue weighted by Gasteiger charge is -2.17. The predicted octanol–water partition coefficient (Wildman–Crippen LogP) is 1.10. The molecule has 0 saturated heterocycles. The summed E-state index contributed by atoms with van der Waals surface area (Å²) < 4.78 is 23.0. The Bertz CT molecular complexity index is 1120. The van der Waals surface area contributed by atoms with Crippen molar-refractivity contribution in [1.29, 1.82) is 0 Å². The van der Waals surface area contributed by atoms with Gasteiger partial charge in [0.1, 0.15) is 0 Å². The minimum absolute atomic E-state index is 0.215. The summed E-state index contributed by atoms with van der Waals surface area (Å²) in [6.45, 7) is 1.50. The topological polar surface area (TPSA) is 74.3 Å². The minimum atomic E-state index is -0.395. The van der Waals surface area contributed by atoms with Crippen LogP contribution in [0.2, 0.25) is 0 Å². The van der Waals surface area contributed by atoms with Crippen LogP contribution in [-0.2, 0) is 27.2 Å². The molecule has 1 aromatic carbocycles. The van der Waals surface area contributed by atoms with Crippen LogP contribution in [0.5, 0.6) is 5.75 Å². The number of fused-ring (bicyclic) bond motifs is 1. The van der Waals surface area contributed by atoms with E-state index in [1.54, 1.807) is 24.7 Å². The van der Waals surface area contributed by atoms with Crippen molar-refractivity contribution in [3.8, 4) is 5.75 Å². The van der Waals surface area contributed by atoms with Crippen LogP contribution in [0.1, 0.15) is 12.0 Å². The first-order valence-corrected chi connectivity index (χ1v) is 8.95. The first-order valence-electron chi connectivity index (χ1n) is 8.95. The minimum Gasteiger partial charge on any atom is -0.494 e. The molecule has 0 saturated carbocycles. The summed E-state index contributed by atoms with van der Waals surface area (Å²) in [5.41, 5.74) is 0.899. The Hall–Kier alpha value is -2.94. The van der Waals surface area contributed by atoms with Crippen molar-refractivity contribution in [2.45, 2.75) is 19.5 Å². The standard InChI is InChI=1S/C19H24FN5O3/c1-22(11-13-6-7-15(28-4)14(20)10-13)8-5-9-25-18(26)16-17(21-12-23(16)2)24(3)19(25)27/h6-7,10,12H,5,8-9,11H2,1-4H3. The van der Waals surface area contributed by atoms with Crippen molar-refractivity contribution >= 4 is 11.2 Å². The van der Waals surface area contributed by atoms with E-state index in [2.05, 4.69) is 4.98 Å². The summed E-state index contributed by atoms with van der Waals surface area (Å²) in [5.74, 6) is -0.180. The number of aromatic nitrogens is 4. The lowest BCUT2D eigenvalue weighted by atomic mass is 10.2. The van der Waals surface area contributed by atoms with E-state index in [0.717, 1.165) is 5.56 Å². The number of rotatable bonds is 7. The van der Waals surface area contributed by atoms with Gasteiger partial charge in [0.25, 0.3) is 5.56 Å². The number of halogens is 1. The highest BCUT2D eigenvalue weighted by molar-refractivity contribution is 5.69. The van der Waals surface area contributed by atoms with Gasteiger partial charge in [-0.1, -0.05) is 6.07 Å². The zero-order valence-corrected chi connectivity index (χ0v) is 16.5. The Kier molecular flexibility index (Phi) is 5.64. The van der Waals surface area contributed by atoms with Crippen LogP contribution < -0.4 is 16.0 Å². The normalized spacial score (nSPS) is 11.5. The zero-order chi connectivity index (χ0) is 20.4. The van der Waals surface area contributed by atoms with Gasteiger partial charge >= 0.3 is 5.69 Å². The summed E-state index contributed by atoms with van der Waals surface area (Å²) in [5, 5.41) is 0. The largest absolute Gasteiger partial charge is 0.494 e. The van der Waals surface area contributed by atoms with E-state index >= 15 is 0 Å². The Morgan fingerprint density at radius 1 is 1.25 bits per heavy atom. The fraction of sp³-hybridized carbons (Fsp3) is 0.421. The Balaban J connectivity index is 1.68. The molecule has 0 aliphatic rings. The number of methoxy groups -OCH3 is 1. The molecule has 0 bridgehead atoms. The van der Waals surface area contributed by atoms with E-state index in [4.69, 9.17) is 4.74 Å². The van der Waals surface area contributed by atoms with Crippen LogP contribution in [0.4, 0.5) is 4.39 Å². The van der Waals surface area contributed by atoms with Crippen molar-refractivity contribution < 1.29 is 9.13 Å². The van der Waals surface area contributed by atoms with Gasteiger partial charge in [0, 0.05) is 27.2 Å². The lowest BCUT2D eigenvalue weighted by Crippen LogP contribution is -2.40. The van der Waals surface area contributed by atoms with Crippen LogP contribution in [0, 0.1) is 5.82 Å². The molecular formula is C19H24FN5O3. The summed E-state index contributed by atoms with van der Waals surface area (Å²) in [6, 6.07) is 4.87. The second-order valence-corrected chi connectivity index (χ2v) is 6.89. The number of benzene rings is 1. The number of hydrogen-bond acceptors (Lipinski definition) is 5. The van der Waals surface area contributed by atoms with E-state index in [1.165, 1.54) is 28.6 Å². The van der Waals surface area contributed by atoms with Crippen LogP contribution >= 0.6 is 0 Å². The van der Waals surface area contributed by atoms with Gasteiger partial charge in [0.15, 0.2) is 22.7 Å². The summed E-state index contributed by atoms with van der Waals surface area (Å²) in [7, 11) is 6.68. The Morgan fingerprint density at radius 2 is 2.00 bits per heavy atom. The van der Waals surface area contributed by atoms with E-state index in [9.17, 15) is 14.0 Å². The highest BCUT2D eigenvalue weighted by Gasteiger charge is 2.14. The van der Waals surface area contributed by atoms with Gasteiger partial charge in [-0.3, -0.25) is 13.9 Å². The van der Waals surface area contributed by atoms with Gasteiger partial charge in [-0.25, -0.2) is 14.2 Å². The maximum Gasteiger partial charge on any atom is 0.332 e. The molecule has 2 aromatic heterocycles. The second-order valence-electron chi connectivity index (χ2n) is 6.89. The van der Waals surface area contributed by atoms with Gasteiger partial charge in [-0.15, -0.1) is 0 Å². The van der Waals surface area contributed by atoms with Crippen LogP contribution in [0.25, 0.3) is 11.2 Å². The van der Waals surface area contributed by atoms with E-state index in [1.807, 2.05) is 18.0 Å². The molecule has 0 aliphatic carbocycles. The van der Waals surface area contributed by atoms with Crippen LogP contribution in [0.15, 0.2) is 34.1 Å².